The number of nitrogens with two attached hydrogens (primary N) is 1. The van der Waals surface area contributed by atoms with Gasteiger partial charge in [-0.25, -0.2) is 0 Å². The Kier molecular flexibility index (Phi) is 5.32. The zero-order valence-electron chi connectivity index (χ0n) is 12.4. The second-order valence-electron chi connectivity index (χ2n) is 4.88. The molecule has 4 N–H and O–H groups in total. The van der Waals surface area contributed by atoms with Crippen LogP contribution in [0.25, 0.3) is 0 Å². The highest BCUT2D eigenvalue weighted by Gasteiger charge is 2.09. The summed E-state index contributed by atoms with van der Waals surface area (Å²) < 4.78 is 5.09. The quantitative estimate of drug-likeness (QED) is 0.698. The number of furan rings is 1. The lowest BCUT2D eigenvalue weighted by Crippen LogP contribution is -2.34. The maximum atomic E-state index is 11.9. The third-order valence-corrected chi connectivity index (χ3v) is 3.13. The second-order valence-corrected chi connectivity index (χ2v) is 4.88. The van der Waals surface area contributed by atoms with Crippen LogP contribution in [0.1, 0.15) is 32.0 Å². The lowest BCUT2D eigenvalue weighted by Gasteiger charge is -2.06. The molecule has 0 aliphatic carbocycles. The van der Waals surface area contributed by atoms with Gasteiger partial charge >= 0.3 is 0 Å². The van der Waals surface area contributed by atoms with Crippen molar-refractivity contribution >= 4 is 11.8 Å². The minimum atomic E-state index is -0.256. The molecular formula is C16H19N3O3. The Morgan fingerprint density at radius 2 is 1.64 bits per heavy atom. The molecule has 6 heteroatoms. The molecule has 0 atom stereocenters. The number of rotatable bonds is 6. The Morgan fingerprint density at radius 3 is 2.18 bits per heavy atom. The number of benzene rings is 1. The molecule has 6 nitrogen and oxygen atoms in total. The molecule has 2 aromatic rings. The van der Waals surface area contributed by atoms with E-state index in [1.54, 1.807) is 18.2 Å². The fourth-order valence-corrected chi connectivity index (χ4v) is 1.87. The zero-order valence-corrected chi connectivity index (χ0v) is 12.4. The number of carbonyl (C=O) groups is 2. The summed E-state index contributed by atoms with van der Waals surface area (Å²) in [6.45, 7) is 2.89. The van der Waals surface area contributed by atoms with Gasteiger partial charge in [0.25, 0.3) is 11.8 Å². The average Bonchev–Trinajstić information content (AvgIpc) is 3.01. The largest absolute Gasteiger partial charge is 0.467 e. The van der Waals surface area contributed by atoms with Gasteiger partial charge in [0.1, 0.15) is 12.0 Å². The van der Waals surface area contributed by atoms with Crippen LogP contribution in [0.3, 0.4) is 0 Å². The Hall–Kier alpha value is -2.60. The summed E-state index contributed by atoms with van der Waals surface area (Å²) >= 11 is 0. The number of nitrogens with one attached hydrogen (secondary N) is 2. The molecule has 2 rings (SSSR count). The first-order valence-corrected chi connectivity index (χ1v) is 7.00. The van der Waals surface area contributed by atoms with Crippen molar-refractivity contribution in [2.75, 3.05) is 13.1 Å². The van der Waals surface area contributed by atoms with E-state index in [1.165, 1.54) is 6.26 Å². The molecule has 1 heterocycles. The Morgan fingerprint density at radius 1 is 1.05 bits per heavy atom. The summed E-state index contributed by atoms with van der Waals surface area (Å²) in [5.41, 5.74) is 7.53. The summed E-state index contributed by atoms with van der Waals surface area (Å²) in [7, 11) is 0. The lowest BCUT2D eigenvalue weighted by molar-refractivity contribution is 0.0927. The van der Waals surface area contributed by atoms with Gasteiger partial charge in [0.05, 0.1) is 12.1 Å². The van der Waals surface area contributed by atoms with Gasteiger partial charge in [-0.2, -0.15) is 0 Å². The highest BCUT2D eigenvalue weighted by atomic mass is 16.3. The van der Waals surface area contributed by atoms with E-state index in [0.717, 1.165) is 5.56 Å². The van der Waals surface area contributed by atoms with E-state index >= 15 is 0 Å². The molecule has 2 amide bonds. The Bertz CT molecular complexity index is 647. The van der Waals surface area contributed by atoms with Crippen LogP contribution in [-0.4, -0.2) is 24.9 Å². The monoisotopic (exact) mass is 301 g/mol. The van der Waals surface area contributed by atoms with Crippen molar-refractivity contribution in [1.29, 1.82) is 0 Å². The van der Waals surface area contributed by atoms with Crippen LogP contribution in [0.2, 0.25) is 0 Å². The predicted octanol–water partition coefficient (Wildman–Crippen LogP) is 1.21. The molecule has 116 valence electrons. The van der Waals surface area contributed by atoms with Crippen molar-refractivity contribution in [1.82, 2.24) is 10.6 Å². The molecule has 0 spiro atoms. The van der Waals surface area contributed by atoms with Crippen molar-refractivity contribution < 1.29 is 14.0 Å². The molecule has 0 unspecified atom stereocenters. The molecule has 0 fully saturated rings. The fourth-order valence-electron chi connectivity index (χ4n) is 1.87. The van der Waals surface area contributed by atoms with Gasteiger partial charge in [-0.15, -0.1) is 0 Å². The average molecular weight is 301 g/mol. The van der Waals surface area contributed by atoms with Crippen LogP contribution in [-0.2, 0) is 6.54 Å². The number of carbonyl (C=O) groups excluding carboxylic acids is 2. The van der Waals surface area contributed by atoms with Gasteiger partial charge in [-0.3, -0.25) is 9.59 Å². The maximum absolute atomic E-state index is 11.9. The molecule has 0 aliphatic rings. The van der Waals surface area contributed by atoms with Crippen molar-refractivity contribution in [3.8, 4) is 0 Å². The van der Waals surface area contributed by atoms with Crippen molar-refractivity contribution in [2.24, 2.45) is 5.73 Å². The van der Waals surface area contributed by atoms with Gasteiger partial charge in [0.15, 0.2) is 0 Å². The van der Waals surface area contributed by atoms with E-state index in [-0.39, 0.29) is 18.4 Å². The summed E-state index contributed by atoms with van der Waals surface area (Å²) in [6.07, 6.45) is 1.36. The van der Waals surface area contributed by atoms with Crippen LogP contribution in [0.4, 0.5) is 0 Å². The molecule has 1 aromatic heterocycles. The molecule has 22 heavy (non-hydrogen) atoms. The predicted molar refractivity (Wildman–Crippen MR) is 82.4 cm³/mol. The van der Waals surface area contributed by atoms with Gasteiger partial charge < -0.3 is 20.8 Å². The molecule has 0 aliphatic heterocycles. The van der Waals surface area contributed by atoms with Gasteiger partial charge in [-0.05, 0) is 25.1 Å². The Balaban J connectivity index is 1.73. The first-order chi connectivity index (χ1) is 10.6. The standard InChI is InChI=1S/C16H19N3O3/c1-11-2-4-12(5-3-11)15(20)18-6-7-19-16(21)13-8-14(9-17)22-10-13/h2-5,8,10H,6-7,9,17H2,1H3,(H,18,20)(H,19,21). The summed E-state index contributed by atoms with van der Waals surface area (Å²) in [5, 5.41) is 5.44. The van der Waals surface area contributed by atoms with Crippen molar-refractivity contribution in [3.63, 3.8) is 0 Å². The lowest BCUT2D eigenvalue weighted by atomic mass is 10.1. The molecule has 1 aromatic carbocycles. The van der Waals surface area contributed by atoms with Crippen LogP contribution in [0.5, 0.6) is 0 Å². The van der Waals surface area contributed by atoms with E-state index in [2.05, 4.69) is 10.6 Å². The maximum Gasteiger partial charge on any atom is 0.254 e. The SMILES string of the molecule is Cc1ccc(C(=O)NCCNC(=O)c2coc(CN)c2)cc1. The smallest absolute Gasteiger partial charge is 0.254 e. The van der Waals surface area contributed by atoms with E-state index in [1.807, 2.05) is 19.1 Å². The zero-order chi connectivity index (χ0) is 15.9. The van der Waals surface area contributed by atoms with Crippen molar-refractivity contribution in [2.45, 2.75) is 13.5 Å². The number of amides is 2. The first kappa shape index (κ1) is 15.8. The summed E-state index contributed by atoms with van der Waals surface area (Å²) in [4.78, 5) is 23.7. The van der Waals surface area contributed by atoms with Crippen LogP contribution in [0.15, 0.2) is 41.0 Å². The van der Waals surface area contributed by atoms with Gasteiger partial charge in [0, 0.05) is 18.7 Å². The third kappa shape index (κ3) is 4.20. The third-order valence-electron chi connectivity index (χ3n) is 3.13. The second kappa shape index (κ2) is 7.42. The van der Waals surface area contributed by atoms with E-state index in [4.69, 9.17) is 10.2 Å². The first-order valence-electron chi connectivity index (χ1n) is 7.00. The van der Waals surface area contributed by atoms with E-state index in [0.29, 0.717) is 30.0 Å². The Labute approximate surface area is 128 Å². The molecule has 0 saturated heterocycles. The summed E-state index contributed by atoms with van der Waals surface area (Å²) in [5.74, 6) is 0.133. The minimum Gasteiger partial charge on any atom is -0.467 e. The number of hydrogen-bond donors (Lipinski definition) is 3. The number of hydrogen-bond acceptors (Lipinski definition) is 4. The van der Waals surface area contributed by atoms with Crippen LogP contribution in [0, 0.1) is 6.92 Å². The molecule has 0 saturated carbocycles. The van der Waals surface area contributed by atoms with Crippen LogP contribution >= 0.6 is 0 Å². The molecule has 0 bridgehead atoms. The van der Waals surface area contributed by atoms with E-state index in [9.17, 15) is 9.59 Å². The van der Waals surface area contributed by atoms with Crippen molar-refractivity contribution in [3.05, 3.63) is 59.0 Å². The van der Waals surface area contributed by atoms with Gasteiger partial charge in [-0.1, -0.05) is 17.7 Å². The highest BCUT2D eigenvalue weighted by molar-refractivity contribution is 5.95. The molecule has 0 radical (unpaired) electrons. The highest BCUT2D eigenvalue weighted by Crippen LogP contribution is 2.06. The fraction of sp³-hybridized carbons (Fsp3) is 0.250. The van der Waals surface area contributed by atoms with Gasteiger partial charge in [0.2, 0.25) is 0 Å². The molecular weight excluding hydrogens is 282 g/mol. The summed E-state index contributed by atoms with van der Waals surface area (Å²) in [6, 6.07) is 8.89. The number of aryl methyl sites for hydroxylation is 1. The van der Waals surface area contributed by atoms with Crippen LogP contribution < -0.4 is 16.4 Å². The minimum absolute atomic E-state index is 0.164. The van der Waals surface area contributed by atoms with E-state index < -0.39 is 0 Å². The topological polar surface area (TPSA) is 97.4 Å². The normalized spacial score (nSPS) is 10.3.